The third-order valence-corrected chi connectivity index (χ3v) is 2.76. The molecule has 110 valence electrons. The number of nitro benzene ring substituents is 1. The second kappa shape index (κ2) is 6.46. The van der Waals surface area contributed by atoms with Crippen molar-refractivity contribution >= 4 is 17.3 Å². The molecule has 1 aromatic heterocycles. The van der Waals surface area contributed by atoms with E-state index in [-0.39, 0.29) is 11.3 Å². The first kappa shape index (κ1) is 14.4. The Morgan fingerprint density at radius 3 is 2.90 bits per heavy atom. The SMILES string of the molecule is CNc1ccc(C(=O)NCCc2ncno2)cc1[N+](=O)[O-]. The van der Waals surface area contributed by atoms with Crippen LogP contribution in [0.3, 0.4) is 0 Å². The van der Waals surface area contributed by atoms with Gasteiger partial charge in [-0.1, -0.05) is 5.16 Å². The molecule has 0 aliphatic carbocycles. The van der Waals surface area contributed by atoms with Crippen molar-refractivity contribution in [1.29, 1.82) is 0 Å². The van der Waals surface area contributed by atoms with E-state index in [1.54, 1.807) is 7.05 Å². The maximum Gasteiger partial charge on any atom is 0.293 e. The number of anilines is 1. The number of nitro groups is 1. The molecule has 1 heterocycles. The van der Waals surface area contributed by atoms with Crippen molar-refractivity contribution in [3.8, 4) is 0 Å². The molecule has 1 amide bonds. The van der Waals surface area contributed by atoms with Gasteiger partial charge in [-0.15, -0.1) is 0 Å². The molecule has 2 N–H and O–H groups in total. The number of hydrogen-bond acceptors (Lipinski definition) is 7. The van der Waals surface area contributed by atoms with Gasteiger partial charge in [-0.3, -0.25) is 14.9 Å². The van der Waals surface area contributed by atoms with Crippen molar-refractivity contribution in [2.45, 2.75) is 6.42 Å². The molecule has 2 aromatic rings. The van der Waals surface area contributed by atoms with E-state index in [2.05, 4.69) is 20.8 Å². The Morgan fingerprint density at radius 1 is 1.48 bits per heavy atom. The van der Waals surface area contributed by atoms with Crippen LogP contribution in [-0.2, 0) is 6.42 Å². The van der Waals surface area contributed by atoms with Gasteiger partial charge in [-0.05, 0) is 12.1 Å². The molecule has 9 heteroatoms. The summed E-state index contributed by atoms with van der Waals surface area (Å²) in [4.78, 5) is 26.1. The van der Waals surface area contributed by atoms with Crippen molar-refractivity contribution in [3.05, 3.63) is 46.1 Å². The molecule has 0 unspecified atom stereocenters. The zero-order valence-corrected chi connectivity index (χ0v) is 11.2. The van der Waals surface area contributed by atoms with Crippen LogP contribution in [0.25, 0.3) is 0 Å². The third-order valence-electron chi connectivity index (χ3n) is 2.76. The molecule has 0 fully saturated rings. The number of amides is 1. The normalized spacial score (nSPS) is 10.1. The van der Waals surface area contributed by atoms with Crippen LogP contribution >= 0.6 is 0 Å². The van der Waals surface area contributed by atoms with E-state index in [1.807, 2.05) is 0 Å². The second-order valence-electron chi connectivity index (χ2n) is 4.08. The number of nitrogens with zero attached hydrogens (tertiary/aromatic N) is 3. The van der Waals surface area contributed by atoms with Crippen LogP contribution in [-0.4, -0.2) is 34.6 Å². The highest BCUT2D eigenvalue weighted by Crippen LogP contribution is 2.24. The summed E-state index contributed by atoms with van der Waals surface area (Å²) in [7, 11) is 1.58. The van der Waals surface area contributed by atoms with Crippen molar-refractivity contribution < 1.29 is 14.2 Å². The summed E-state index contributed by atoms with van der Waals surface area (Å²) in [6.45, 7) is 0.294. The van der Waals surface area contributed by atoms with Crippen molar-refractivity contribution in [2.24, 2.45) is 0 Å². The number of benzene rings is 1. The quantitative estimate of drug-likeness (QED) is 0.600. The number of hydrogen-bond donors (Lipinski definition) is 2. The van der Waals surface area contributed by atoms with Crippen LogP contribution in [0.5, 0.6) is 0 Å². The molecular weight excluding hydrogens is 278 g/mol. The largest absolute Gasteiger partial charge is 0.383 e. The zero-order valence-electron chi connectivity index (χ0n) is 11.2. The summed E-state index contributed by atoms with van der Waals surface area (Å²) < 4.78 is 4.79. The first-order chi connectivity index (χ1) is 10.1. The smallest absolute Gasteiger partial charge is 0.293 e. The molecule has 0 saturated carbocycles. The predicted molar refractivity (Wildman–Crippen MR) is 73.0 cm³/mol. The maximum absolute atomic E-state index is 11.9. The number of nitrogens with one attached hydrogen (secondary N) is 2. The Morgan fingerprint density at radius 2 is 2.29 bits per heavy atom. The summed E-state index contributed by atoms with van der Waals surface area (Å²) >= 11 is 0. The van der Waals surface area contributed by atoms with E-state index in [9.17, 15) is 14.9 Å². The van der Waals surface area contributed by atoms with Crippen LogP contribution in [0, 0.1) is 10.1 Å². The van der Waals surface area contributed by atoms with Crippen LogP contribution < -0.4 is 10.6 Å². The molecule has 0 saturated heterocycles. The van der Waals surface area contributed by atoms with Gasteiger partial charge in [0, 0.05) is 31.6 Å². The van der Waals surface area contributed by atoms with E-state index in [0.717, 1.165) is 0 Å². The number of aromatic nitrogens is 2. The lowest BCUT2D eigenvalue weighted by atomic mass is 10.1. The minimum Gasteiger partial charge on any atom is -0.383 e. The van der Waals surface area contributed by atoms with Crippen molar-refractivity contribution in [2.75, 3.05) is 18.9 Å². The minimum atomic E-state index is -0.541. The monoisotopic (exact) mass is 291 g/mol. The molecular formula is C12H13N5O4. The fourth-order valence-corrected chi connectivity index (χ4v) is 1.73. The van der Waals surface area contributed by atoms with Gasteiger partial charge in [0.05, 0.1) is 4.92 Å². The number of rotatable bonds is 6. The van der Waals surface area contributed by atoms with Gasteiger partial charge in [0.25, 0.3) is 11.6 Å². The van der Waals surface area contributed by atoms with Crippen LogP contribution in [0.15, 0.2) is 29.0 Å². The Kier molecular flexibility index (Phi) is 4.44. The average molecular weight is 291 g/mol. The third kappa shape index (κ3) is 3.53. The number of carbonyl (C=O) groups is 1. The summed E-state index contributed by atoms with van der Waals surface area (Å²) in [5.41, 5.74) is 0.413. The minimum absolute atomic E-state index is 0.151. The molecule has 0 spiro atoms. The summed E-state index contributed by atoms with van der Waals surface area (Å²) in [5.74, 6) is 0.00656. The summed E-state index contributed by atoms with van der Waals surface area (Å²) in [6.07, 6.45) is 1.67. The highest BCUT2D eigenvalue weighted by molar-refractivity contribution is 5.95. The lowest BCUT2D eigenvalue weighted by molar-refractivity contribution is -0.384. The van der Waals surface area contributed by atoms with E-state index in [4.69, 9.17) is 4.52 Å². The highest BCUT2D eigenvalue weighted by atomic mass is 16.6. The van der Waals surface area contributed by atoms with Crippen LogP contribution in [0.2, 0.25) is 0 Å². The fourth-order valence-electron chi connectivity index (χ4n) is 1.73. The average Bonchev–Trinajstić information content (AvgIpc) is 2.99. The van der Waals surface area contributed by atoms with Crippen molar-refractivity contribution in [1.82, 2.24) is 15.5 Å². The zero-order chi connectivity index (χ0) is 15.2. The molecule has 0 radical (unpaired) electrons. The van der Waals surface area contributed by atoms with E-state index < -0.39 is 10.8 Å². The molecule has 0 bridgehead atoms. The first-order valence-corrected chi connectivity index (χ1v) is 6.11. The Labute approximate surface area is 119 Å². The summed E-state index contributed by atoms with van der Waals surface area (Å²) in [6, 6.07) is 4.24. The first-order valence-electron chi connectivity index (χ1n) is 6.11. The highest BCUT2D eigenvalue weighted by Gasteiger charge is 2.16. The molecule has 0 atom stereocenters. The molecule has 9 nitrogen and oxygen atoms in total. The molecule has 1 aromatic carbocycles. The topological polar surface area (TPSA) is 123 Å². The van der Waals surface area contributed by atoms with Crippen molar-refractivity contribution in [3.63, 3.8) is 0 Å². The van der Waals surface area contributed by atoms with Crippen LogP contribution in [0.4, 0.5) is 11.4 Å². The van der Waals surface area contributed by atoms with Gasteiger partial charge < -0.3 is 15.2 Å². The fraction of sp³-hybridized carbons (Fsp3) is 0.250. The molecule has 0 aliphatic heterocycles. The maximum atomic E-state index is 11.9. The standard InChI is InChI=1S/C12H13N5O4/c1-13-9-3-2-8(6-10(9)17(19)20)12(18)14-5-4-11-15-7-16-21-11/h2-3,6-7,13H,4-5H2,1H3,(H,14,18). The number of carbonyl (C=O) groups excluding carboxylic acids is 1. The Hall–Kier alpha value is -2.97. The predicted octanol–water partition coefficient (Wildman–Crippen LogP) is 0.992. The van der Waals surface area contributed by atoms with Gasteiger partial charge >= 0.3 is 0 Å². The van der Waals surface area contributed by atoms with Gasteiger partial charge in [-0.2, -0.15) is 4.98 Å². The summed E-state index contributed by atoms with van der Waals surface area (Å²) in [5, 5.41) is 19.7. The lowest BCUT2D eigenvalue weighted by Crippen LogP contribution is -2.25. The van der Waals surface area contributed by atoms with E-state index in [1.165, 1.54) is 24.5 Å². The van der Waals surface area contributed by atoms with Crippen LogP contribution in [0.1, 0.15) is 16.2 Å². The molecule has 21 heavy (non-hydrogen) atoms. The molecule has 0 aliphatic rings. The van der Waals surface area contributed by atoms with Gasteiger partial charge in [0.2, 0.25) is 5.89 Å². The molecule has 2 rings (SSSR count). The van der Waals surface area contributed by atoms with Gasteiger partial charge in [0.15, 0.2) is 6.33 Å². The second-order valence-corrected chi connectivity index (χ2v) is 4.08. The lowest BCUT2D eigenvalue weighted by Gasteiger charge is -2.06. The van der Waals surface area contributed by atoms with Gasteiger partial charge in [0.1, 0.15) is 5.69 Å². The van der Waals surface area contributed by atoms with E-state index >= 15 is 0 Å². The van der Waals surface area contributed by atoms with Gasteiger partial charge in [-0.25, -0.2) is 0 Å². The Balaban J connectivity index is 2.01. The van der Waals surface area contributed by atoms with E-state index in [0.29, 0.717) is 24.5 Å². The Bertz CT molecular complexity index is 641.